The summed E-state index contributed by atoms with van der Waals surface area (Å²) in [4.78, 5) is 0.280. The Hall–Kier alpha value is -2.15. The molecule has 6 heteroatoms. The van der Waals surface area contributed by atoms with Crippen LogP contribution in [0.2, 0.25) is 0 Å². The van der Waals surface area contributed by atoms with Crippen molar-refractivity contribution in [2.45, 2.75) is 30.3 Å². The van der Waals surface area contributed by atoms with Crippen molar-refractivity contribution >= 4 is 20.9 Å². The lowest BCUT2D eigenvalue weighted by Gasteiger charge is -2.07. The molecular weight excluding hydrogens is 348 g/mol. The van der Waals surface area contributed by atoms with E-state index in [0.29, 0.717) is 6.42 Å². The van der Waals surface area contributed by atoms with Gasteiger partial charge in [0, 0.05) is 30.2 Å². The van der Waals surface area contributed by atoms with Crippen molar-refractivity contribution in [3.63, 3.8) is 0 Å². The number of sulfonamides is 1. The van der Waals surface area contributed by atoms with Crippen LogP contribution in [0.5, 0.6) is 0 Å². The number of fused-ring (bicyclic) bond motifs is 1. The summed E-state index contributed by atoms with van der Waals surface area (Å²) in [6.45, 7) is 1.76. The zero-order chi connectivity index (χ0) is 18.5. The predicted molar refractivity (Wildman–Crippen MR) is 101 cm³/mol. The number of nitrogens with zero attached hydrogens (tertiary/aromatic N) is 2. The molecule has 4 rings (SSSR count). The number of aryl methyl sites for hydroxylation is 2. The molecule has 1 unspecified atom stereocenters. The summed E-state index contributed by atoms with van der Waals surface area (Å²) in [6, 6.07) is 14.4. The molecule has 1 saturated heterocycles. The fourth-order valence-corrected chi connectivity index (χ4v) is 5.54. The molecule has 0 bridgehead atoms. The maximum atomic E-state index is 13.0. The quantitative estimate of drug-likeness (QED) is 0.702. The van der Waals surface area contributed by atoms with Crippen molar-refractivity contribution in [1.29, 1.82) is 0 Å². The maximum absolute atomic E-state index is 13.0. The number of hydrogen-bond donors (Lipinski definition) is 1. The minimum atomic E-state index is -3.59. The lowest BCUT2D eigenvalue weighted by Crippen LogP contribution is -2.17. The Balaban J connectivity index is 1.64. The molecule has 0 aliphatic carbocycles. The molecule has 0 saturated carbocycles. The van der Waals surface area contributed by atoms with Gasteiger partial charge in [0.2, 0.25) is 10.0 Å². The van der Waals surface area contributed by atoms with E-state index in [2.05, 4.69) is 16.7 Å². The first kappa shape index (κ1) is 17.3. The van der Waals surface area contributed by atoms with Crippen LogP contribution < -0.4 is 0 Å². The van der Waals surface area contributed by atoms with Crippen LogP contribution in [-0.4, -0.2) is 41.1 Å². The van der Waals surface area contributed by atoms with Gasteiger partial charge in [-0.2, -0.15) is 4.31 Å². The van der Waals surface area contributed by atoms with Crippen molar-refractivity contribution in [2.24, 2.45) is 7.05 Å². The second kappa shape index (κ2) is 6.23. The molecule has 1 aromatic heterocycles. The van der Waals surface area contributed by atoms with Crippen molar-refractivity contribution in [3.8, 4) is 0 Å². The molecule has 0 spiro atoms. The minimum absolute atomic E-state index is 0.166. The molecule has 26 heavy (non-hydrogen) atoms. The molecule has 5 nitrogen and oxygen atoms in total. The molecule has 3 aromatic rings. The van der Waals surface area contributed by atoms with Crippen molar-refractivity contribution in [2.75, 3.05) is 6.61 Å². The zero-order valence-corrected chi connectivity index (χ0v) is 15.6. The van der Waals surface area contributed by atoms with Crippen LogP contribution in [0.4, 0.5) is 0 Å². The first-order valence-corrected chi connectivity index (χ1v) is 10.1. The van der Waals surface area contributed by atoms with Crippen molar-refractivity contribution in [1.82, 2.24) is 8.87 Å². The Morgan fingerprint density at radius 1 is 1.04 bits per heavy atom. The van der Waals surface area contributed by atoms with Crippen LogP contribution in [0.1, 0.15) is 11.1 Å². The van der Waals surface area contributed by atoms with Gasteiger partial charge in [0.1, 0.15) is 0 Å². The number of rotatable bonds is 5. The second-order valence-electron chi connectivity index (χ2n) is 6.95. The lowest BCUT2D eigenvalue weighted by molar-refractivity contribution is 0.286. The van der Waals surface area contributed by atoms with Gasteiger partial charge in [-0.15, -0.1) is 0 Å². The van der Waals surface area contributed by atoms with E-state index in [0.717, 1.165) is 22.0 Å². The van der Waals surface area contributed by atoms with Gasteiger partial charge in [-0.25, -0.2) is 8.42 Å². The summed E-state index contributed by atoms with van der Waals surface area (Å²) in [7, 11) is -1.60. The second-order valence-corrected chi connectivity index (χ2v) is 8.79. The molecule has 1 N–H and O–H groups in total. The highest BCUT2D eigenvalue weighted by molar-refractivity contribution is 7.89. The van der Waals surface area contributed by atoms with Crippen LogP contribution in [-0.2, 0) is 23.5 Å². The third kappa shape index (κ3) is 2.74. The van der Waals surface area contributed by atoms with Gasteiger partial charge in [0.05, 0.1) is 17.5 Å². The smallest absolute Gasteiger partial charge is 0.243 e. The molecule has 2 heterocycles. The van der Waals surface area contributed by atoms with Gasteiger partial charge in [0.25, 0.3) is 0 Å². The number of aromatic nitrogens is 1. The van der Waals surface area contributed by atoms with Crippen molar-refractivity contribution in [3.05, 3.63) is 65.9 Å². The Labute approximate surface area is 153 Å². The van der Waals surface area contributed by atoms with Crippen LogP contribution in [0, 0.1) is 6.92 Å². The van der Waals surface area contributed by atoms with E-state index in [9.17, 15) is 13.5 Å². The van der Waals surface area contributed by atoms with E-state index in [1.807, 2.05) is 32.3 Å². The number of aliphatic hydroxyl groups excluding tert-OH is 1. The summed E-state index contributed by atoms with van der Waals surface area (Å²) in [5.74, 6) is 0. The molecule has 2 aromatic carbocycles. The van der Waals surface area contributed by atoms with E-state index in [1.165, 1.54) is 4.31 Å². The summed E-state index contributed by atoms with van der Waals surface area (Å²) in [6.07, 6.45) is 2.64. The summed E-state index contributed by atoms with van der Waals surface area (Å²) in [5, 5.41) is 10.8. The average molecular weight is 370 g/mol. The summed E-state index contributed by atoms with van der Waals surface area (Å²) in [5.41, 5.74) is 3.24. The Morgan fingerprint density at radius 2 is 1.73 bits per heavy atom. The first-order chi connectivity index (χ1) is 12.4. The maximum Gasteiger partial charge on any atom is 0.243 e. The highest BCUT2D eigenvalue weighted by atomic mass is 32.2. The van der Waals surface area contributed by atoms with Crippen LogP contribution in [0.25, 0.3) is 10.9 Å². The Kier molecular flexibility index (Phi) is 4.14. The topological polar surface area (TPSA) is 62.3 Å². The number of benzene rings is 2. The lowest BCUT2D eigenvalue weighted by atomic mass is 10.1. The Morgan fingerprint density at radius 3 is 2.42 bits per heavy atom. The van der Waals surface area contributed by atoms with Crippen LogP contribution in [0.3, 0.4) is 0 Å². The number of hydrogen-bond acceptors (Lipinski definition) is 3. The van der Waals surface area contributed by atoms with E-state index in [-0.39, 0.29) is 23.6 Å². The average Bonchev–Trinajstić information content (AvgIpc) is 3.26. The fraction of sp³-hybridized carbons (Fsp3) is 0.300. The third-order valence-corrected chi connectivity index (χ3v) is 7.16. The van der Waals surface area contributed by atoms with E-state index >= 15 is 0 Å². The molecular formula is C20H22N2O3S. The molecule has 136 valence electrons. The number of aliphatic hydroxyl groups is 1. The molecule has 0 amide bonds. The summed E-state index contributed by atoms with van der Waals surface area (Å²) >= 11 is 0. The van der Waals surface area contributed by atoms with Crippen LogP contribution in [0.15, 0.2) is 59.6 Å². The molecule has 0 radical (unpaired) electrons. The number of para-hydroxylation sites is 1. The van der Waals surface area contributed by atoms with E-state index in [1.54, 1.807) is 24.3 Å². The SMILES string of the molecule is Cc1ccc(S(=O)(=O)N2[C@H](CO)[C@H]2Cc2cn(C)c3ccccc23)cc1. The molecule has 1 aliphatic rings. The molecule has 1 aliphatic heterocycles. The highest BCUT2D eigenvalue weighted by Gasteiger charge is 2.54. The largest absolute Gasteiger partial charge is 0.395 e. The van der Waals surface area contributed by atoms with E-state index in [4.69, 9.17) is 0 Å². The zero-order valence-electron chi connectivity index (χ0n) is 14.8. The normalized spacial score (nSPS) is 22.7. The third-order valence-electron chi connectivity index (χ3n) is 5.20. The Bertz CT molecular complexity index is 1050. The fourth-order valence-electron chi connectivity index (χ4n) is 3.74. The molecule has 3 atom stereocenters. The standard InChI is InChI=1S/C20H22N2O3S/c1-14-7-9-16(10-8-14)26(24,25)22-19(20(22)13-23)11-15-12-21(2)18-6-4-3-5-17(15)18/h3-10,12,19-20,23H,11,13H2,1-2H3/t19-,20-,22?/m1/s1. The van der Waals surface area contributed by atoms with Gasteiger partial charge in [0.15, 0.2) is 0 Å². The van der Waals surface area contributed by atoms with Crippen molar-refractivity contribution < 1.29 is 13.5 Å². The monoisotopic (exact) mass is 370 g/mol. The van der Waals surface area contributed by atoms with Crippen LogP contribution >= 0.6 is 0 Å². The van der Waals surface area contributed by atoms with Gasteiger partial charge < -0.3 is 9.67 Å². The van der Waals surface area contributed by atoms with Gasteiger partial charge in [-0.3, -0.25) is 0 Å². The highest BCUT2D eigenvalue weighted by Crippen LogP contribution is 2.39. The minimum Gasteiger partial charge on any atom is -0.395 e. The van der Waals surface area contributed by atoms with Gasteiger partial charge in [-0.1, -0.05) is 35.9 Å². The predicted octanol–water partition coefficient (Wildman–Crippen LogP) is 2.46. The van der Waals surface area contributed by atoms with Gasteiger partial charge >= 0.3 is 0 Å². The first-order valence-electron chi connectivity index (χ1n) is 8.67. The summed E-state index contributed by atoms with van der Waals surface area (Å²) < 4.78 is 29.4. The molecule has 1 fully saturated rings. The van der Waals surface area contributed by atoms with E-state index < -0.39 is 10.0 Å². The van der Waals surface area contributed by atoms with Gasteiger partial charge in [-0.05, 0) is 37.1 Å².